The Kier molecular flexibility index (Phi) is 7.58. The van der Waals surface area contributed by atoms with Crippen molar-refractivity contribution in [2.45, 2.75) is 45.4 Å². The molecule has 3 aliphatic rings. The molecular weight excluding hydrogens is 527 g/mol. The molecule has 1 aromatic carbocycles. The fraction of sp³-hybridized carbons (Fsp3) is 0.500. The Morgan fingerprint density at radius 3 is 2.74 bits per heavy atom. The topological polar surface area (TPSA) is 116 Å². The van der Waals surface area contributed by atoms with Crippen molar-refractivity contribution in [3.63, 3.8) is 0 Å². The number of β-lactam (4-membered cyclic amide) rings is 1. The van der Waals surface area contributed by atoms with E-state index in [2.05, 4.69) is 19.2 Å². The maximum Gasteiger partial charge on any atom is 0.322 e. The summed E-state index contributed by atoms with van der Waals surface area (Å²) in [7, 11) is 0. The normalized spacial score (nSPS) is 26.3. The van der Waals surface area contributed by atoms with E-state index in [1.807, 2.05) is 30.3 Å². The van der Waals surface area contributed by atoms with E-state index in [0.717, 1.165) is 28.6 Å². The maximum atomic E-state index is 12.9. The monoisotopic (exact) mass is 551 g/mol. The molecule has 1 unspecified atom stereocenters. The number of aromatic nitrogens is 2. The molecule has 35 heavy (non-hydrogen) atoms. The molecule has 3 fully saturated rings. The van der Waals surface area contributed by atoms with E-state index in [0.29, 0.717) is 11.5 Å². The number of carbonyl (C=O) groups is 3. The van der Waals surface area contributed by atoms with Crippen LogP contribution in [0.3, 0.4) is 0 Å². The van der Waals surface area contributed by atoms with E-state index in [1.165, 1.54) is 47.9 Å². The fourth-order valence-electron chi connectivity index (χ4n) is 4.30. The standard InChI is InChI=1S/C22H25N5O4S4/c28-16(10-14-6-2-1-3-7-14)23-17-18(29)27-12-22(21(30)31,13-32-19(17)27)34-20-15(24-25-35-20)11-33-26-8-4-5-9-26/h1-3,6-7,17,19H,4-5,8-13H2,(H,23,28)(H,30,31)/t17-,19-,22?/m1/s1. The minimum Gasteiger partial charge on any atom is -0.480 e. The lowest BCUT2D eigenvalue weighted by atomic mass is 10.0. The van der Waals surface area contributed by atoms with Crippen molar-refractivity contribution in [2.75, 3.05) is 25.4 Å². The minimum atomic E-state index is -1.18. The van der Waals surface area contributed by atoms with Gasteiger partial charge in [-0.3, -0.25) is 18.7 Å². The number of nitrogens with zero attached hydrogens (tertiary/aromatic N) is 4. The van der Waals surface area contributed by atoms with Crippen LogP contribution in [0, 0.1) is 0 Å². The van der Waals surface area contributed by atoms with Crippen LogP contribution in [0.2, 0.25) is 0 Å². The van der Waals surface area contributed by atoms with Crippen molar-refractivity contribution in [2.24, 2.45) is 0 Å². The lowest BCUT2D eigenvalue weighted by Crippen LogP contribution is -2.74. The summed E-state index contributed by atoms with van der Waals surface area (Å²) >= 11 is 5.58. The molecular formula is C22H25N5O4S4. The van der Waals surface area contributed by atoms with Gasteiger partial charge >= 0.3 is 5.97 Å². The minimum absolute atomic E-state index is 0.0885. The third-order valence-electron chi connectivity index (χ3n) is 6.23. The van der Waals surface area contributed by atoms with Gasteiger partial charge in [0.25, 0.3) is 0 Å². The lowest BCUT2D eigenvalue weighted by Gasteiger charge is -2.53. The smallest absolute Gasteiger partial charge is 0.322 e. The Bertz CT molecular complexity index is 1100. The number of aliphatic carboxylic acids is 1. The molecule has 3 aliphatic heterocycles. The van der Waals surface area contributed by atoms with Gasteiger partial charge < -0.3 is 15.3 Å². The summed E-state index contributed by atoms with van der Waals surface area (Å²) in [4.78, 5) is 39.4. The molecule has 3 saturated heterocycles. The van der Waals surface area contributed by atoms with Gasteiger partial charge in [-0.2, -0.15) is 0 Å². The van der Waals surface area contributed by atoms with Crippen LogP contribution in [-0.4, -0.2) is 83.2 Å². The molecule has 9 nitrogen and oxygen atoms in total. The number of carbonyl (C=O) groups excluding carboxylic acids is 2. The van der Waals surface area contributed by atoms with Crippen molar-refractivity contribution in [1.82, 2.24) is 24.1 Å². The van der Waals surface area contributed by atoms with E-state index < -0.39 is 16.8 Å². The van der Waals surface area contributed by atoms with Gasteiger partial charge in [-0.05, 0) is 29.9 Å². The average molecular weight is 552 g/mol. The number of amides is 2. The molecule has 2 N–H and O–H groups in total. The number of rotatable bonds is 9. The molecule has 0 spiro atoms. The van der Waals surface area contributed by atoms with Crippen LogP contribution >= 0.6 is 47.0 Å². The molecule has 0 saturated carbocycles. The van der Waals surface area contributed by atoms with Crippen LogP contribution in [0.1, 0.15) is 24.1 Å². The van der Waals surface area contributed by atoms with Crippen LogP contribution in [0.4, 0.5) is 0 Å². The zero-order valence-electron chi connectivity index (χ0n) is 18.8. The van der Waals surface area contributed by atoms with E-state index >= 15 is 0 Å². The first-order valence-corrected chi connectivity index (χ1v) is 14.9. The second kappa shape index (κ2) is 10.7. The fourth-order valence-corrected chi connectivity index (χ4v) is 9.38. The number of hydrogen-bond acceptors (Lipinski definition) is 10. The summed E-state index contributed by atoms with van der Waals surface area (Å²) in [5.74, 6) is -0.424. The Morgan fingerprint density at radius 2 is 2.00 bits per heavy atom. The Morgan fingerprint density at radius 1 is 1.23 bits per heavy atom. The van der Waals surface area contributed by atoms with Gasteiger partial charge in [0.1, 0.15) is 26.1 Å². The third kappa shape index (κ3) is 5.33. The zero-order valence-corrected chi connectivity index (χ0v) is 22.1. The highest BCUT2D eigenvalue weighted by Crippen LogP contribution is 2.48. The quantitative estimate of drug-likeness (QED) is 0.355. The SMILES string of the molecule is O=C(Cc1ccccc1)N[C@@H]1C(=O)N2CC(Sc3snnc3CSN3CCCC3)(C(=O)O)CS[C@H]12. The maximum absolute atomic E-state index is 12.9. The first-order chi connectivity index (χ1) is 16.9. The molecule has 2 amide bonds. The van der Waals surface area contributed by atoms with Gasteiger partial charge in [0, 0.05) is 25.4 Å². The molecule has 0 bridgehead atoms. The number of hydrogen-bond donors (Lipinski definition) is 2. The van der Waals surface area contributed by atoms with Crippen molar-refractivity contribution >= 4 is 64.8 Å². The highest BCUT2D eigenvalue weighted by Gasteiger charge is 2.58. The average Bonchev–Trinajstić information content (AvgIpc) is 3.53. The Labute approximate surface area is 220 Å². The van der Waals surface area contributed by atoms with Crippen molar-refractivity contribution in [1.29, 1.82) is 0 Å². The van der Waals surface area contributed by atoms with Crippen LogP contribution in [0.25, 0.3) is 0 Å². The predicted molar refractivity (Wildman–Crippen MR) is 138 cm³/mol. The predicted octanol–water partition coefficient (Wildman–Crippen LogP) is 2.34. The largest absolute Gasteiger partial charge is 0.480 e. The Hall–Kier alpha value is -1.80. The van der Waals surface area contributed by atoms with Gasteiger partial charge in [-0.25, -0.2) is 0 Å². The van der Waals surface area contributed by atoms with Crippen LogP contribution < -0.4 is 5.32 Å². The summed E-state index contributed by atoms with van der Waals surface area (Å²) in [5, 5.41) is 17.0. The second-order valence-electron chi connectivity index (χ2n) is 8.69. The van der Waals surface area contributed by atoms with E-state index in [-0.39, 0.29) is 30.2 Å². The van der Waals surface area contributed by atoms with E-state index in [4.69, 9.17) is 0 Å². The summed E-state index contributed by atoms with van der Waals surface area (Å²) in [6, 6.07) is 8.74. The molecule has 0 aliphatic carbocycles. The van der Waals surface area contributed by atoms with Crippen molar-refractivity contribution in [3.05, 3.63) is 41.6 Å². The third-order valence-corrected chi connectivity index (χ3v) is 11.4. The number of nitrogens with one attached hydrogen (secondary N) is 1. The molecule has 186 valence electrons. The molecule has 2 aromatic rings. The summed E-state index contributed by atoms with van der Waals surface area (Å²) in [6.07, 6.45) is 2.59. The van der Waals surface area contributed by atoms with Crippen LogP contribution in [0.5, 0.6) is 0 Å². The number of benzene rings is 1. The van der Waals surface area contributed by atoms with Crippen LogP contribution in [-0.2, 0) is 26.6 Å². The number of thioether (sulfide) groups is 2. The lowest BCUT2D eigenvalue weighted by molar-refractivity contribution is -0.152. The summed E-state index contributed by atoms with van der Waals surface area (Å²) in [5.41, 5.74) is 1.67. The van der Waals surface area contributed by atoms with Gasteiger partial charge in [0.05, 0.1) is 12.2 Å². The number of fused-ring (bicyclic) bond motifs is 1. The van der Waals surface area contributed by atoms with Crippen molar-refractivity contribution in [3.8, 4) is 0 Å². The molecule has 3 atom stereocenters. The number of carboxylic acids is 1. The highest BCUT2D eigenvalue weighted by atomic mass is 32.2. The van der Waals surface area contributed by atoms with E-state index in [1.54, 1.807) is 16.8 Å². The molecule has 1 aromatic heterocycles. The summed E-state index contributed by atoms with van der Waals surface area (Å²) in [6.45, 7) is 2.20. The van der Waals surface area contributed by atoms with Crippen LogP contribution in [0.15, 0.2) is 34.5 Å². The zero-order chi connectivity index (χ0) is 24.4. The first kappa shape index (κ1) is 24.9. The summed E-state index contributed by atoms with van der Waals surface area (Å²) < 4.78 is 6.00. The second-order valence-corrected chi connectivity index (χ2v) is 13.3. The van der Waals surface area contributed by atoms with Gasteiger partial charge in [0.15, 0.2) is 0 Å². The number of carboxylic acid groups (broad SMARTS) is 1. The van der Waals surface area contributed by atoms with Gasteiger partial charge in [-0.15, -0.1) is 16.9 Å². The first-order valence-electron chi connectivity index (χ1n) is 11.3. The molecule has 5 rings (SSSR count). The van der Waals surface area contributed by atoms with Gasteiger partial charge in [-0.1, -0.05) is 58.5 Å². The van der Waals surface area contributed by atoms with Gasteiger partial charge in [0.2, 0.25) is 11.8 Å². The molecule has 13 heteroatoms. The molecule has 0 radical (unpaired) electrons. The Balaban J connectivity index is 1.21. The van der Waals surface area contributed by atoms with Crippen molar-refractivity contribution < 1.29 is 19.5 Å². The van der Waals surface area contributed by atoms with E-state index in [9.17, 15) is 19.5 Å². The highest BCUT2D eigenvalue weighted by molar-refractivity contribution is 8.06. The molecule has 4 heterocycles.